The van der Waals surface area contributed by atoms with Crippen LogP contribution in [0.1, 0.15) is 41.2 Å². The van der Waals surface area contributed by atoms with Crippen LogP contribution in [0.4, 0.5) is 14.9 Å². The van der Waals surface area contributed by atoms with Gasteiger partial charge in [-0.3, -0.25) is 4.79 Å². The molecule has 1 aliphatic carbocycles. The molecule has 3 amide bonds. The smallest absolute Gasteiger partial charge is 0.322 e. The summed E-state index contributed by atoms with van der Waals surface area (Å²) in [5.41, 5.74) is 1.81. The van der Waals surface area contributed by atoms with Gasteiger partial charge < -0.3 is 20.3 Å². The minimum absolute atomic E-state index is 0.0899. The molecule has 2 aliphatic rings. The van der Waals surface area contributed by atoms with Crippen molar-refractivity contribution in [3.63, 3.8) is 0 Å². The molecule has 0 radical (unpaired) electrons. The van der Waals surface area contributed by atoms with Crippen molar-refractivity contribution in [3.8, 4) is 5.75 Å². The lowest BCUT2D eigenvalue weighted by Gasteiger charge is -2.41. The molecule has 28 heavy (non-hydrogen) atoms. The molecule has 0 unspecified atom stereocenters. The van der Waals surface area contributed by atoms with Gasteiger partial charge in [-0.15, -0.1) is 0 Å². The van der Waals surface area contributed by atoms with Crippen LogP contribution in [0.25, 0.3) is 0 Å². The summed E-state index contributed by atoms with van der Waals surface area (Å²) in [5.74, 6) is 0.0223. The van der Waals surface area contributed by atoms with Crippen LogP contribution in [0.2, 0.25) is 0 Å². The Labute approximate surface area is 162 Å². The number of carbonyl (C=O) groups excluding carboxylic acids is 2. The second kappa shape index (κ2) is 7.50. The number of methoxy groups -OCH3 is 1. The molecule has 4 rings (SSSR count). The number of amides is 3. The number of anilines is 1. The maximum absolute atomic E-state index is 13.1. The zero-order chi connectivity index (χ0) is 19.7. The first-order valence-electron chi connectivity index (χ1n) is 9.37. The van der Waals surface area contributed by atoms with Crippen LogP contribution in [0.15, 0.2) is 42.5 Å². The summed E-state index contributed by atoms with van der Waals surface area (Å²) in [6, 6.07) is 11.1. The molecule has 7 heteroatoms. The summed E-state index contributed by atoms with van der Waals surface area (Å²) >= 11 is 0. The van der Waals surface area contributed by atoms with Crippen molar-refractivity contribution in [1.82, 2.24) is 10.2 Å². The van der Waals surface area contributed by atoms with Crippen molar-refractivity contribution in [2.24, 2.45) is 0 Å². The molecule has 2 fully saturated rings. The second-order valence-electron chi connectivity index (χ2n) is 7.14. The van der Waals surface area contributed by atoms with Crippen molar-refractivity contribution in [2.45, 2.75) is 31.3 Å². The van der Waals surface area contributed by atoms with Gasteiger partial charge in [-0.25, -0.2) is 9.18 Å². The van der Waals surface area contributed by atoms with Crippen LogP contribution < -0.4 is 15.4 Å². The molecule has 0 bridgehead atoms. The van der Waals surface area contributed by atoms with Crippen molar-refractivity contribution in [1.29, 1.82) is 0 Å². The number of nitrogens with one attached hydrogen (secondary N) is 2. The number of carbonyl (C=O) groups is 2. The monoisotopic (exact) mass is 383 g/mol. The number of nitrogens with zero attached hydrogens (tertiary/aromatic N) is 1. The molecule has 1 heterocycles. The largest absolute Gasteiger partial charge is 0.495 e. The molecule has 6 nitrogen and oxygen atoms in total. The Morgan fingerprint density at radius 2 is 1.86 bits per heavy atom. The maximum Gasteiger partial charge on any atom is 0.322 e. The lowest BCUT2D eigenvalue weighted by molar-refractivity contribution is 0.0951. The molecule has 1 saturated carbocycles. The zero-order valence-corrected chi connectivity index (χ0v) is 15.6. The van der Waals surface area contributed by atoms with E-state index in [4.69, 9.17) is 4.74 Å². The van der Waals surface area contributed by atoms with Crippen molar-refractivity contribution < 1.29 is 18.7 Å². The summed E-state index contributed by atoms with van der Waals surface area (Å²) in [4.78, 5) is 26.7. The lowest BCUT2D eigenvalue weighted by Crippen LogP contribution is -2.47. The Bertz CT molecular complexity index is 896. The highest BCUT2D eigenvalue weighted by molar-refractivity contribution is 5.98. The molecule has 146 valence electrons. The molecular formula is C21H22FN3O3. The lowest BCUT2D eigenvalue weighted by atomic mass is 9.95. The van der Waals surface area contributed by atoms with Crippen LogP contribution >= 0.6 is 0 Å². The summed E-state index contributed by atoms with van der Waals surface area (Å²) < 4.78 is 18.5. The van der Waals surface area contributed by atoms with Crippen LogP contribution in [-0.4, -0.2) is 36.5 Å². The van der Waals surface area contributed by atoms with Crippen LogP contribution in [0, 0.1) is 5.82 Å². The zero-order valence-electron chi connectivity index (χ0n) is 15.6. The van der Waals surface area contributed by atoms with Gasteiger partial charge in [0.25, 0.3) is 5.91 Å². The van der Waals surface area contributed by atoms with E-state index in [1.165, 1.54) is 19.2 Å². The molecule has 0 aromatic heterocycles. The van der Waals surface area contributed by atoms with Gasteiger partial charge in [0.2, 0.25) is 0 Å². The number of rotatable bonds is 5. The summed E-state index contributed by atoms with van der Waals surface area (Å²) in [6.07, 6.45) is 2.83. The highest BCUT2D eigenvalue weighted by Crippen LogP contribution is 2.35. The predicted octanol–water partition coefficient (Wildman–Crippen LogP) is 3.71. The van der Waals surface area contributed by atoms with Gasteiger partial charge in [-0.2, -0.15) is 0 Å². The van der Waals surface area contributed by atoms with Crippen LogP contribution in [0.5, 0.6) is 5.75 Å². The molecule has 2 aromatic rings. The van der Waals surface area contributed by atoms with E-state index in [0.29, 0.717) is 23.5 Å². The minimum Gasteiger partial charge on any atom is -0.495 e. The topological polar surface area (TPSA) is 70.7 Å². The SMILES string of the molecule is COc1ccc(C(=O)NC2CC2)cc1NC(=O)N1CC[C@H]1c1ccc(F)cc1. The van der Waals surface area contributed by atoms with E-state index in [2.05, 4.69) is 10.6 Å². The quantitative estimate of drug-likeness (QED) is 0.827. The van der Waals surface area contributed by atoms with Crippen molar-refractivity contribution in [3.05, 3.63) is 59.4 Å². The fourth-order valence-corrected chi connectivity index (χ4v) is 3.29. The number of urea groups is 1. The van der Waals surface area contributed by atoms with Gasteiger partial charge in [0, 0.05) is 18.2 Å². The van der Waals surface area contributed by atoms with E-state index in [9.17, 15) is 14.0 Å². The Hall–Kier alpha value is -3.09. The maximum atomic E-state index is 13.1. The third-order valence-corrected chi connectivity index (χ3v) is 5.15. The summed E-state index contributed by atoms with van der Waals surface area (Å²) in [7, 11) is 1.51. The molecule has 1 saturated heterocycles. The normalized spacial score (nSPS) is 18.2. The molecule has 1 aliphatic heterocycles. The third-order valence-electron chi connectivity index (χ3n) is 5.15. The first-order valence-corrected chi connectivity index (χ1v) is 9.37. The third kappa shape index (κ3) is 3.78. The minimum atomic E-state index is -0.301. The van der Waals surface area contributed by atoms with Gasteiger partial charge >= 0.3 is 6.03 Å². The first kappa shape index (κ1) is 18.3. The average molecular weight is 383 g/mol. The molecule has 0 spiro atoms. The van der Waals surface area contributed by atoms with Gasteiger partial charge in [0.1, 0.15) is 11.6 Å². The van der Waals surface area contributed by atoms with Crippen LogP contribution in [0.3, 0.4) is 0 Å². The Kier molecular flexibility index (Phi) is 4.90. The number of ether oxygens (including phenoxy) is 1. The number of hydrogen-bond acceptors (Lipinski definition) is 3. The highest BCUT2D eigenvalue weighted by Gasteiger charge is 2.34. The van der Waals surface area contributed by atoms with E-state index in [1.54, 1.807) is 35.2 Å². The van der Waals surface area contributed by atoms with E-state index >= 15 is 0 Å². The van der Waals surface area contributed by atoms with Crippen molar-refractivity contribution >= 4 is 17.6 Å². The fourth-order valence-electron chi connectivity index (χ4n) is 3.29. The van der Waals surface area contributed by atoms with Gasteiger partial charge in [-0.1, -0.05) is 12.1 Å². The van der Waals surface area contributed by atoms with Gasteiger partial charge in [0.15, 0.2) is 0 Å². The summed E-state index contributed by atoms with van der Waals surface area (Å²) in [5, 5.41) is 5.78. The molecule has 1 atom stereocenters. The van der Waals surface area contributed by atoms with E-state index < -0.39 is 0 Å². The van der Waals surface area contributed by atoms with Crippen molar-refractivity contribution in [2.75, 3.05) is 19.0 Å². The van der Waals surface area contributed by atoms with Crippen LogP contribution in [-0.2, 0) is 0 Å². The number of hydrogen-bond donors (Lipinski definition) is 2. The van der Waals surface area contributed by atoms with E-state index in [1.807, 2.05) is 0 Å². The first-order chi connectivity index (χ1) is 13.5. The number of benzene rings is 2. The Morgan fingerprint density at radius 3 is 2.46 bits per heavy atom. The fraction of sp³-hybridized carbons (Fsp3) is 0.333. The average Bonchev–Trinajstić information content (AvgIpc) is 3.46. The van der Waals surface area contributed by atoms with E-state index in [0.717, 1.165) is 24.8 Å². The van der Waals surface area contributed by atoms with Gasteiger partial charge in [0.05, 0.1) is 18.8 Å². The predicted molar refractivity (Wildman–Crippen MR) is 103 cm³/mol. The molecule has 2 N–H and O–H groups in total. The highest BCUT2D eigenvalue weighted by atomic mass is 19.1. The van der Waals surface area contributed by atoms with E-state index in [-0.39, 0.29) is 29.8 Å². The second-order valence-corrected chi connectivity index (χ2v) is 7.14. The standard InChI is InChI=1S/C21H22FN3O3/c1-28-19-9-4-14(20(26)23-16-7-8-16)12-17(19)24-21(27)25-11-10-18(25)13-2-5-15(22)6-3-13/h2-6,9,12,16,18H,7-8,10-11H2,1H3,(H,23,26)(H,24,27)/t18-/m0/s1. The number of halogens is 1. The molecule has 2 aromatic carbocycles. The molecular weight excluding hydrogens is 361 g/mol. The summed E-state index contributed by atoms with van der Waals surface area (Å²) in [6.45, 7) is 0.609. The Balaban J connectivity index is 1.48. The van der Waals surface area contributed by atoms with Gasteiger partial charge in [-0.05, 0) is 55.2 Å². The number of likely N-dealkylation sites (tertiary alicyclic amines) is 1. The Morgan fingerprint density at radius 1 is 1.11 bits per heavy atom.